The van der Waals surface area contributed by atoms with Gasteiger partial charge in [0.2, 0.25) is 5.88 Å². The van der Waals surface area contributed by atoms with Crippen molar-refractivity contribution >= 4 is 5.65 Å². The second-order valence-corrected chi connectivity index (χ2v) is 12.8. The molecular weight excluding hydrogens is 653 g/mol. The van der Waals surface area contributed by atoms with Gasteiger partial charge in [-0.1, -0.05) is 121 Å². The first-order chi connectivity index (χ1) is 26.2. The van der Waals surface area contributed by atoms with Gasteiger partial charge in [-0.05, 0) is 52.6 Å². The Morgan fingerprint density at radius 2 is 1.11 bits per heavy atom. The molecule has 9 rings (SSSR count). The normalized spacial score (nSPS) is 11.5. The lowest BCUT2D eigenvalue weighted by molar-refractivity contribution is 0.398. The maximum absolute atomic E-state index is 5.58. The summed E-state index contributed by atoms with van der Waals surface area (Å²) < 4.78 is 9.54. The number of rotatable bonds is 9. The highest BCUT2D eigenvalue weighted by Gasteiger charge is 2.40. The van der Waals surface area contributed by atoms with Crippen molar-refractivity contribution < 1.29 is 4.74 Å². The molecule has 7 heteroatoms. The van der Waals surface area contributed by atoms with Gasteiger partial charge in [-0.2, -0.15) is 5.10 Å². The van der Waals surface area contributed by atoms with E-state index >= 15 is 0 Å². The molecule has 0 amide bonds. The molecule has 0 aliphatic rings. The molecule has 0 atom stereocenters. The van der Waals surface area contributed by atoms with Gasteiger partial charge in [-0.25, -0.2) is 9.97 Å². The van der Waals surface area contributed by atoms with Crippen LogP contribution in [0.15, 0.2) is 189 Å². The maximum atomic E-state index is 5.58. The number of hydrogen-bond donors (Lipinski definition) is 0. The van der Waals surface area contributed by atoms with Crippen LogP contribution < -0.4 is 4.74 Å². The second-order valence-electron chi connectivity index (χ2n) is 12.8. The van der Waals surface area contributed by atoms with Crippen molar-refractivity contribution in [3.05, 3.63) is 205 Å². The van der Waals surface area contributed by atoms with Crippen molar-refractivity contribution in [3.63, 3.8) is 0 Å². The smallest absolute Gasteiger partial charge is 0.212 e. The average molecular weight is 687 g/mol. The number of hydrogen-bond acceptors (Lipinski definition) is 5. The summed E-state index contributed by atoms with van der Waals surface area (Å²) in [5.74, 6) is 0.584. The lowest BCUT2D eigenvalue weighted by Crippen LogP contribution is -2.38. The Labute approximate surface area is 307 Å². The van der Waals surface area contributed by atoms with Crippen LogP contribution in [-0.4, -0.2) is 36.2 Å². The molecule has 0 N–H and O–H groups in total. The number of nitrogens with zero attached hydrogens (tertiary/aromatic N) is 6. The molecule has 0 saturated heterocycles. The number of imidazole rings is 1. The summed E-state index contributed by atoms with van der Waals surface area (Å²) in [6.45, 7) is 0. The van der Waals surface area contributed by atoms with Crippen LogP contribution in [0.25, 0.3) is 50.5 Å². The van der Waals surface area contributed by atoms with Gasteiger partial charge in [0.1, 0.15) is 16.9 Å². The Morgan fingerprint density at radius 1 is 0.509 bits per heavy atom. The second kappa shape index (κ2) is 13.5. The number of ether oxygens (including phenoxy) is 1. The van der Waals surface area contributed by atoms with E-state index in [1.54, 1.807) is 7.11 Å². The molecular formula is C46H34N6O. The van der Waals surface area contributed by atoms with E-state index in [2.05, 4.69) is 159 Å². The number of fused-ring (bicyclic) bond motifs is 1. The summed E-state index contributed by atoms with van der Waals surface area (Å²) in [5.41, 5.74) is 11.0. The summed E-state index contributed by atoms with van der Waals surface area (Å²) in [6.07, 6.45) is 9.86. The Bertz CT molecular complexity index is 2520. The van der Waals surface area contributed by atoms with E-state index in [-0.39, 0.29) is 0 Å². The lowest BCUT2D eigenvalue weighted by atomic mass is 9.77. The van der Waals surface area contributed by atoms with Crippen LogP contribution in [0, 0.1) is 0 Å². The number of aromatic nitrogens is 6. The summed E-state index contributed by atoms with van der Waals surface area (Å²) in [6, 6.07) is 54.4. The minimum Gasteiger partial charge on any atom is -0.481 e. The summed E-state index contributed by atoms with van der Waals surface area (Å²) in [5, 5.41) is 5.58. The van der Waals surface area contributed by atoms with Gasteiger partial charge in [0, 0.05) is 53.1 Å². The standard InChI is InChI=1S/C46H34N6O/c1-53-44-27-25-35(29-49-44)33-20-22-34(23-21-33)45-40(36-24-26-43-48-30-42(51(43)31-36)41-19-11-12-28-47-41)32-52(50-45)46(37-13-5-2-6-14-37,38-15-7-3-8-16-38)39-17-9-4-10-18-39/h2-32H,1H3. The van der Waals surface area contributed by atoms with Gasteiger partial charge in [-0.3, -0.25) is 14.1 Å². The molecule has 5 aromatic heterocycles. The fraction of sp³-hybridized carbons (Fsp3) is 0.0435. The van der Waals surface area contributed by atoms with Crippen LogP contribution >= 0.6 is 0 Å². The minimum absolute atomic E-state index is 0.584. The Balaban J connectivity index is 1.29. The van der Waals surface area contributed by atoms with Crippen molar-refractivity contribution in [2.24, 2.45) is 0 Å². The van der Waals surface area contributed by atoms with Gasteiger partial charge in [0.25, 0.3) is 0 Å². The van der Waals surface area contributed by atoms with Crippen molar-refractivity contribution in [1.82, 2.24) is 29.1 Å². The molecule has 9 aromatic rings. The Morgan fingerprint density at radius 3 is 1.70 bits per heavy atom. The van der Waals surface area contributed by atoms with Crippen molar-refractivity contribution in [2.75, 3.05) is 7.11 Å². The largest absolute Gasteiger partial charge is 0.481 e. The summed E-state index contributed by atoms with van der Waals surface area (Å²) in [7, 11) is 1.62. The van der Waals surface area contributed by atoms with Crippen LogP contribution in [-0.2, 0) is 5.54 Å². The maximum Gasteiger partial charge on any atom is 0.212 e. The first-order valence-corrected chi connectivity index (χ1v) is 17.5. The predicted molar refractivity (Wildman–Crippen MR) is 209 cm³/mol. The van der Waals surface area contributed by atoms with E-state index in [0.29, 0.717) is 5.88 Å². The molecule has 7 nitrogen and oxygen atoms in total. The van der Waals surface area contributed by atoms with E-state index in [9.17, 15) is 0 Å². The summed E-state index contributed by atoms with van der Waals surface area (Å²) >= 11 is 0. The predicted octanol–water partition coefficient (Wildman–Crippen LogP) is 9.84. The first-order valence-electron chi connectivity index (χ1n) is 17.5. The first kappa shape index (κ1) is 31.8. The molecule has 0 aliphatic carbocycles. The van der Waals surface area contributed by atoms with Gasteiger partial charge in [-0.15, -0.1) is 0 Å². The van der Waals surface area contributed by atoms with Crippen molar-refractivity contribution in [2.45, 2.75) is 5.54 Å². The van der Waals surface area contributed by atoms with E-state index in [4.69, 9.17) is 14.8 Å². The Kier molecular flexibility index (Phi) is 8.13. The van der Waals surface area contributed by atoms with Gasteiger partial charge in [0.15, 0.2) is 0 Å². The molecule has 0 bridgehead atoms. The highest BCUT2D eigenvalue weighted by atomic mass is 16.5. The molecule has 0 aliphatic heterocycles. The quantitative estimate of drug-likeness (QED) is 0.141. The fourth-order valence-corrected chi connectivity index (χ4v) is 7.24. The molecule has 0 unspecified atom stereocenters. The number of methoxy groups -OCH3 is 1. The third-order valence-corrected chi connectivity index (χ3v) is 9.81. The number of benzene rings is 4. The average Bonchev–Trinajstić information content (AvgIpc) is 3.88. The molecule has 5 heterocycles. The molecule has 0 radical (unpaired) electrons. The highest BCUT2D eigenvalue weighted by Crippen LogP contribution is 2.43. The van der Waals surface area contributed by atoms with Crippen molar-refractivity contribution in [3.8, 4) is 50.8 Å². The SMILES string of the molecule is COc1ccc(-c2ccc(-c3nn(C(c4ccccc4)(c4ccccc4)c4ccccc4)cc3-c3ccc4ncc(-c5ccccn5)n4c3)cc2)cn1. The Hall–Kier alpha value is -7.12. The van der Waals surface area contributed by atoms with Gasteiger partial charge >= 0.3 is 0 Å². The van der Waals surface area contributed by atoms with Crippen LogP contribution in [0.4, 0.5) is 0 Å². The topological polar surface area (TPSA) is 70.1 Å². The van der Waals surface area contributed by atoms with Crippen LogP contribution in [0.5, 0.6) is 5.88 Å². The number of pyridine rings is 3. The molecule has 4 aromatic carbocycles. The van der Waals surface area contributed by atoms with E-state index in [0.717, 1.165) is 67.2 Å². The molecule has 0 spiro atoms. The lowest BCUT2D eigenvalue weighted by Gasteiger charge is -2.36. The fourth-order valence-electron chi connectivity index (χ4n) is 7.24. The third kappa shape index (κ3) is 5.65. The van der Waals surface area contributed by atoms with Crippen LogP contribution in [0.1, 0.15) is 16.7 Å². The van der Waals surface area contributed by atoms with E-state index in [1.807, 2.05) is 48.9 Å². The third-order valence-electron chi connectivity index (χ3n) is 9.81. The van der Waals surface area contributed by atoms with Crippen LogP contribution in [0.2, 0.25) is 0 Å². The molecule has 0 saturated carbocycles. The monoisotopic (exact) mass is 686 g/mol. The molecule has 0 fully saturated rings. The van der Waals surface area contributed by atoms with E-state index < -0.39 is 5.54 Å². The highest BCUT2D eigenvalue weighted by molar-refractivity contribution is 5.82. The molecule has 53 heavy (non-hydrogen) atoms. The van der Waals surface area contributed by atoms with Crippen LogP contribution in [0.3, 0.4) is 0 Å². The van der Waals surface area contributed by atoms with Crippen molar-refractivity contribution in [1.29, 1.82) is 0 Å². The van der Waals surface area contributed by atoms with E-state index in [1.165, 1.54) is 0 Å². The zero-order valence-electron chi connectivity index (χ0n) is 29.0. The van der Waals surface area contributed by atoms with Gasteiger partial charge in [0.05, 0.1) is 24.7 Å². The summed E-state index contributed by atoms with van der Waals surface area (Å²) in [4.78, 5) is 13.8. The van der Waals surface area contributed by atoms with Gasteiger partial charge < -0.3 is 4.74 Å². The minimum atomic E-state index is -0.788. The molecule has 254 valence electrons. The zero-order chi connectivity index (χ0) is 35.6. The zero-order valence-corrected chi connectivity index (χ0v) is 29.0.